The van der Waals surface area contributed by atoms with Crippen LogP contribution in [0.5, 0.6) is 0 Å². The van der Waals surface area contributed by atoms with Gasteiger partial charge in [0.1, 0.15) is 0 Å². The molecule has 1 aromatic carbocycles. The Hall–Kier alpha value is -0.585. The first-order valence-corrected chi connectivity index (χ1v) is 9.12. The van der Waals surface area contributed by atoms with E-state index in [-0.39, 0.29) is 37.2 Å². The SMILES string of the molecule is CC1(C)C2CC3OB(C(N)COCc4ccccc4)OC3(C)C1C2.Cl. The lowest BCUT2D eigenvalue weighted by molar-refractivity contribution is -0.199. The van der Waals surface area contributed by atoms with Gasteiger partial charge in [-0.25, -0.2) is 0 Å². The van der Waals surface area contributed by atoms with Crippen molar-refractivity contribution in [2.24, 2.45) is 23.0 Å². The van der Waals surface area contributed by atoms with Crippen LogP contribution in [0.15, 0.2) is 30.3 Å². The van der Waals surface area contributed by atoms with Crippen LogP contribution in [0, 0.1) is 17.3 Å². The highest BCUT2D eigenvalue weighted by Gasteiger charge is 2.68. The highest BCUT2D eigenvalue weighted by Crippen LogP contribution is 2.65. The smallest absolute Gasteiger partial charge is 0.404 e. The zero-order chi connectivity index (χ0) is 16.9. The maximum atomic E-state index is 6.38. The standard InChI is InChI=1S/C19H28BNO3.ClH/c1-18(2)14-9-15(18)19(3)16(10-14)23-20(24-19)17(21)12-22-11-13-7-5-4-6-8-13;/h4-8,14-17H,9-12,21H2,1-3H3;1H. The molecule has 138 valence electrons. The third-order valence-electron chi connectivity index (χ3n) is 6.74. The molecule has 3 aliphatic carbocycles. The minimum absolute atomic E-state index is 0. The predicted octanol–water partition coefficient (Wildman–Crippen LogP) is 3.22. The largest absolute Gasteiger partial charge is 0.478 e. The van der Waals surface area contributed by atoms with Gasteiger partial charge in [0.15, 0.2) is 0 Å². The van der Waals surface area contributed by atoms with E-state index >= 15 is 0 Å². The van der Waals surface area contributed by atoms with Crippen LogP contribution in [-0.4, -0.2) is 31.4 Å². The van der Waals surface area contributed by atoms with Crippen LogP contribution in [0.3, 0.4) is 0 Å². The Morgan fingerprint density at radius 2 is 1.96 bits per heavy atom. The van der Waals surface area contributed by atoms with Crippen LogP contribution in [0.1, 0.15) is 39.2 Å². The van der Waals surface area contributed by atoms with E-state index in [9.17, 15) is 0 Å². The minimum Gasteiger partial charge on any atom is -0.404 e. The van der Waals surface area contributed by atoms with E-state index in [2.05, 4.69) is 32.9 Å². The van der Waals surface area contributed by atoms with E-state index < -0.39 is 0 Å². The molecule has 1 heterocycles. The summed E-state index contributed by atoms with van der Waals surface area (Å²) in [5.74, 6) is 1.07. The second-order valence-corrected chi connectivity index (χ2v) is 8.50. The van der Waals surface area contributed by atoms with Crippen molar-refractivity contribution in [2.75, 3.05) is 6.61 Å². The Kier molecular flexibility index (Phi) is 5.26. The molecule has 0 radical (unpaired) electrons. The average molecular weight is 366 g/mol. The fourth-order valence-electron chi connectivity index (χ4n) is 5.05. The quantitative estimate of drug-likeness (QED) is 0.814. The van der Waals surface area contributed by atoms with Crippen molar-refractivity contribution >= 4 is 19.5 Å². The van der Waals surface area contributed by atoms with Crippen molar-refractivity contribution in [2.45, 2.75) is 57.9 Å². The molecule has 0 spiro atoms. The molecule has 1 saturated heterocycles. The topological polar surface area (TPSA) is 53.7 Å². The van der Waals surface area contributed by atoms with Crippen molar-refractivity contribution < 1.29 is 14.0 Å². The number of benzene rings is 1. The van der Waals surface area contributed by atoms with E-state index in [1.807, 2.05) is 18.2 Å². The lowest BCUT2D eigenvalue weighted by atomic mass is 9.43. The highest BCUT2D eigenvalue weighted by molar-refractivity contribution is 6.47. The molecule has 2 bridgehead atoms. The molecule has 4 aliphatic rings. The number of hydrogen-bond acceptors (Lipinski definition) is 4. The maximum absolute atomic E-state index is 6.38. The van der Waals surface area contributed by atoms with Gasteiger partial charge in [0.05, 0.1) is 30.9 Å². The summed E-state index contributed by atoms with van der Waals surface area (Å²) in [6.07, 6.45) is 2.53. The molecule has 0 amide bonds. The molecule has 5 atom stereocenters. The average Bonchev–Trinajstić information content (AvgIpc) is 2.92. The van der Waals surface area contributed by atoms with Crippen molar-refractivity contribution in [3.8, 4) is 0 Å². The molecule has 25 heavy (non-hydrogen) atoms. The third-order valence-corrected chi connectivity index (χ3v) is 6.74. The molecule has 4 nitrogen and oxygen atoms in total. The molecule has 2 N–H and O–H groups in total. The van der Waals surface area contributed by atoms with Gasteiger partial charge in [0, 0.05) is 0 Å². The first kappa shape index (κ1) is 19.2. The predicted molar refractivity (Wildman–Crippen MR) is 101 cm³/mol. The summed E-state index contributed by atoms with van der Waals surface area (Å²) in [4.78, 5) is 0. The Balaban J connectivity index is 0.00000182. The van der Waals surface area contributed by atoms with Gasteiger partial charge in [-0.2, -0.15) is 0 Å². The Morgan fingerprint density at radius 3 is 2.64 bits per heavy atom. The lowest BCUT2D eigenvalue weighted by Crippen LogP contribution is -2.65. The normalized spacial score (nSPS) is 36.2. The van der Waals surface area contributed by atoms with Gasteiger partial charge in [-0.15, -0.1) is 12.4 Å². The first-order valence-electron chi connectivity index (χ1n) is 9.12. The molecule has 4 fully saturated rings. The molecule has 3 saturated carbocycles. The molecule has 1 aliphatic heterocycles. The van der Waals surface area contributed by atoms with E-state index in [0.717, 1.165) is 17.9 Å². The van der Waals surface area contributed by atoms with Crippen LogP contribution in [0.2, 0.25) is 0 Å². The lowest BCUT2D eigenvalue weighted by Gasteiger charge is -2.64. The Bertz CT molecular complexity index is 602. The summed E-state index contributed by atoms with van der Waals surface area (Å²) in [6.45, 7) is 7.97. The van der Waals surface area contributed by atoms with Crippen LogP contribution < -0.4 is 5.73 Å². The monoisotopic (exact) mass is 365 g/mol. The number of hydrogen-bond donors (Lipinski definition) is 1. The van der Waals surface area contributed by atoms with E-state index in [0.29, 0.717) is 24.5 Å². The molecule has 5 rings (SSSR count). The second-order valence-electron chi connectivity index (χ2n) is 8.50. The number of halogens is 1. The summed E-state index contributed by atoms with van der Waals surface area (Å²) in [5, 5.41) is 0. The Morgan fingerprint density at radius 1 is 1.24 bits per heavy atom. The van der Waals surface area contributed by atoms with Gasteiger partial charge < -0.3 is 19.8 Å². The molecule has 0 aromatic heterocycles. The molecular weight excluding hydrogens is 336 g/mol. The van der Waals surface area contributed by atoms with Gasteiger partial charge in [-0.05, 0) is 42.6 Å². The van der Waals surface area contributed by atoms with Crippen LogP contribution in [-0.2, 0) is 20.7 Å². The van der Waals surface area contributed by atoms with E-state index in [1.54, 1.807) is 0 Å². The van der Waals surface area contributed by atoms with Gasteiger partial charge in [-0.1, -0.05) is 44.2 Å². The zero-order valence-electron chi connectivity index (χ0n) is 15.3. The minimum atomic E-state index is -0.356. The highest BCUT2D eigenvalue weighted by atomic mass is 35.5. The Labute approximate surface area is 157 Å². The van der Waals surface area contributed by atoms with Crippen LogP contribution in [0.25, 0.3) is 0 Å². The summed E-state index contributed by atoms with van der Waals surface area (Å²) in [6, 6.07) is 10.1. The van der Waals surface area contributed by atoms with Gasteiger partial charge in [-0.3, -0.25) is 0 Å². The first-order chi connectivity index (χ1) is 11.4. The third kappa shape index (κ3) is 3.15. The van der Waals surface area contributed by atoms with Gasteiger partial charge in [0.2, 0.25) is 0 Å². The zero-order valence-corrected chi connectivity index (χ0v) is 16.1. The summed E-state index contributed by atoms with van der Waals surface area (Å²) in [7, 11) is -0.356. The number of nitrogens with two attached hydrogens (primary N) is 1. The van der Waals surface area contributed by atoms with Gasteiger partial charge in [0.25, 0.3) is 0 Å². The van der Waals surface area contributed by atoms with Crippen LogP contribution >= 0.6 is 12.4 Å². The molecule has 5 unspecified atom stereocenters. The summed E-state index contributed by atoms with van der Waals surface area (Å²) < 4.78 is 18.3. The fraction of sp³-hybridized carbons (Fsp3) is 0.684. The second kappa shape index (κ2) is 6.86. The maximum Gasteiger partial charge on any atom is 0.478 e. The summed E-state index contributed by atoms with van der Waals surface area (Å²) >= 11 is 0. The number of ether oxygens (including phenoxy) is 1. The van der Waals surface area contributed by atoms with Crippen molar-refractivity contribution in [3.05, 3.63) is 35.9 Å². The van der Waals surface area contributed by atoms with E-state index in [1.165, 1.54) is 6.42 Å². The van der Waals surface area contributed by atoms with Crippen molar-refractivity contribution in [3.63, 3.8) is 0 Å². The van der Waals surface area contributed by atoms with Crippen LogP contribution in [0.4, 0.5) is 0 Å². The van der Waals surface area contributed by atoms with E-state index in [4.69, 9.17) is 19.8 Å². The fourth-order valence-corrected chi connectivity index (χ4v) is 5.05. The van der Waals surface area contributed by atoms with Crippen molar-refractivity contribution in [1.29, 1.82) is 0 Å². The molecule has 1 aromatic rings. The number of rotatable bonds is 5. The van der Waals surface area contributed by atoms with Crippen molar-refractivity contribution in [1.82, 2.24) is 0 Å². The summed E-state index contributed by atoms with van der Waals surface area (Å²) in [5.41, 5.74) is 7.63. The molecule has 6 heteroatoms. The molecular formula is C19H29BClNO3. The van der Waals surface area contributed by atoms with Gasteiger partial charge >= 0.3 is 7.12 Å².